The molecule has 2 aromatic carbocycles. The maximum Gasteiger partial charge on any atom is 0.410 e. The van der Waals surface area contributed by atoms with Crippen LogP contribution in [0.2, 0.25) is 0 Å². The van der Waals surface area contributed by atoms with E-state index in [0.29, 0.717) is 25.2 Å². The van der Waals surface area contributed by atoms with Crippen LogP contribution in [-0.2, 0) is 27.2 Å². The second-order valence-corrected chi connectivity index (χ2v) is 12.0. The summed E-state index contributed by atoms with van der Waals surface area (Å²) in [6.07, 6.45) is 4.28. The number of nitrogens with one attached hydrogen (secondary N) is 1. The fourth-order valence-electron chi connectivity index (χ4n) is 5.45. The van der Waals surface area contributed by atoms with Crippen LogP contribution in [0.15, 0.2) is 36.4 Å². The lowest BCUT2D eigenvalue weighted by Gasteiger charge is -2.28. The van der Waals surface area contributed by atoms with Crippen LogP contribution in [0.25, 0.3) is 0 Å². The molecule has 0 aliphatic carbocycles. The van der Waals surface area contributed by atoms with Gasteiger partial charge in [-0.05, 0) is 114 Å². The monoisotopic (exact) mass is 602 g/mol. The van der Waals surface area contributed by atoms with Gasteiger partial charge in [0.05, 0.1) is 12.1 Å². The van der Waals surface area contributed by atoms with Gasteiger partial charge in [-0.2, -0.15) is 0 Å². The Morgan fingerprint density at radius 2 is 1.31 bits per heavy atom. The SMILES string of the molecule is CO.Cc1cccc(C)c1CC(=O)C1CCCN1.Cc1cccc(C)c1CC(=O)C1CCCN1C(=O)OC(C)(C)C.Cl. The molecule has 2 aromatic rings. The van der Waals surface area contributed by atoms with Crippen LogP contribution < -0.4 is 5.32 Å². The van der Waals surface area contributed by atoms with Gasteiger partial charge in [-0.15, -0.1) is 12.4 Å². The number of nitrogens with zero attached hydrogens (tertiary/aromatic N) is 1. The molecular weight excluding hydrogens is 552 g/mol. The summed E-state index contributed by atoms with van der Waals surface area (Å²) >= 11 is 0. The van der Waals surface area contributed by atoms with Gasteiger partial charge in [0, 0.05) is 26.5 Å². The van der Waals surface area contributed by atoms with Crippen LogP contribution >= 0.6 is 12.4 Å². The highest BCUT2D eigenvalue weighted by molar-refractivity contribution is 5.90. The highest BCUT2D eigenvalue weighted by Gasteiger charge is 2.36. The lowest BCUT2D eigenvalue weighted by Crippen LogP contribution is -2.43. The van der Waals surface area contributed by atoms with Gasteiger partial charge < -0.3 is 15.2 Å². The van der Waals surface area contributed by atoms with E-state index in [2.05, 4.69) is 31.3 Å². The smallest absolute Gasteiger partial charge is 0.410 e. The fraction of sp³-hybridized carbons (Fsp3) is 0.559. The fourth-order valence-corrected chi connectivity index (χ4v) is 5.45. The number of aryl methyl sites for hydroxylation is 4. The second-order valence-electron chi connectivity index (χ2n) is 12.0. The number of carbonyl (C=O) groups is 3. The Labute approximate surface area is 258 Å². The molecule has 7 nitrogen and oxygen atoms in total. The van der Waals surface area contributed by atoms with E-state index < -0.39 is 5.60 Å². The molecule has 2 heterocycles. The molecule has 42 heavy (non-hydrogen) atoms. The van der Waals surface area contributed by atoms with Crippen molar-refractivity contribution in [1.82, 2.24) is 10.2 Å². The molecule has 2 atom stereocenters. The van der Waals surface area contributed by atoms with Crippen LogP contribution in [0.4, 0.5) is 4.79 Å². The van der Waals surface area contributed by atoms with Gasteiger partial charge in [0.15, 0.2) is 11.6 Å². The number of halogens is 1. The molecule has 0 radical (unpaired) electrons. The maximum absolute atomic E-state index is 12.8. The van der Waals surface area contributed by atoms with Gasteiger partial charge in [0.25, 0.3) is 0 Å². The summed E-state index contributed by atoms with van der Waals surface area (Å²) in [5.74, 6) is 0.445. The van der Waals surface area contributed by atoms with Crippen molar-refractivity contribution >= 4 is 30.1 Å². The van der Waals surface area contributed by atoms with Gasteiger partial charge in [-0.1, -0.05) is 36.4 Å². The highest BCUT2D eigenvalue weighted by atomic mass is 35.5. The van der Waals surface area contributed by atoms with Crippen molar-refractivity contribution in [2.24, 2.45) is 0 Å². The highest BCUT2D eigenvalue weighted by Crippen LogP contribution is 2.24. The zero-order chi connectivity index (χ0) is 30.7. The molecule has 1 amide bonds. The van der Waals surface area contributed by atoms with E-state index in [1.54, 1.807) is 4.90 Å². The van der Waals surface area contributed by atoms with Gasteiger partial charge >= 0.3 is 6.09 Å². The van der Waals surface area contributed by atoms with Crippen molar-refractivity contribution < 1.29 is 24.2 Å². The van der Waals surface area contributed by atoms with E-state index in [1.165, 1.54) is 16.7 Å². The molecule has 2 aliphatic heterocycles. The Morgan fingerprint density at radius 3 is 1.74 bits per heavy atom. The number of ether oxygens (including phenoxy) is 1. The molecule has 234 valence electrons. The molecule has 2 fully saturated rings. The quantitative estimate of drug-likeness (QED) is 0.420. The first-order valence-corrected chi connectivity index (χ1v) is 14.7. The lowest BCUT2D eigenvalue weighted by atomic mass is 9.95. The minimum atomic E-state index is -0.542. The molecule has 0 aromatic heterocycles. The summed E-state index contributed by atoms with van der Waals surface area (Å²) < 4.78 is 5.43. The summed E-state index contributed by atoms with van der Waals surface area (Å²) in [6, 6.07) is 12.0. The van der Waals surface area contributed by atoms with E-state index in [-0.39, 0.29) is 36.4 Å². The summed E-state index contributed by atoms with van der Waals surface area (Å²) in [6.45, 7) is 15.3. The van der Waals surface area contributed by atoms with E-state index in [4.69, 9.17) is 9.84 Å². The zero-order valence-electron chi connectivity index (χ0n) is 26.7. The average molecular weight is 603 g/mol. The number of hydrogen-bond acceptors (Lipinski definition) is 6. The summed E-state index contributed by atoms with van der Waals surface area (Å²) in [5.41, 5.74) is 6.45. The third-order valence-corrected chi connectivity index (χ3v) is 7.69. The Hall–Kier alpha value is -2.74. The van der Waals surface area contributed by atoms with Crippen LogP contribution in [0, 0.1) is 27.7 Å². The Kier molecular flexibility index (Phi) is 15.4. The third-order valence-electron chi connectivity index (χ3n) is 7.69. The summed E-state index contributed by atoms with van der Waals surface area (Å²) in [5, 5.41) is 10.3. The van der Waals surface area contributed by atoms with Gasteiger partial charge in [-0.3, -0.25) is 14.5 Å². The molecule has 2 saturated heterocycles. The molecule has 0 saturated carbocycles. The van der Waals surface area contributed by atoms with Crippen molar-refractivity contribution in [3.63, 3.8) is 0 Å². The molecular formula is C34H51ClN2O5. The Bertz CT molecular complexity index is 1140. The van der Waals surface area contributed by atoms with Crippen LogP contribution in [0.5, 0.6) is 0 Å². The van der Waals surface area contributed by atoms with Crippen molar-refractivity contribution in [3.05, 3.63) is 69.8 Å². The number of amides is 1. The van der Waals surface area contributed by atoms with Crippen molar-refractivity contribution in [2.45, 2.75) is 105 Å². The molecule has 2 N–H and O–H groups in total. The topological polar surface area (TPSA) is 95.9 Å². The van der Waals surface area contributed by atoms with Crippen molar-refractivity contribution in [1.29, 1.82) is 0 Å². The van der Waals surface area contributed by atoms with E-state index >= 15 is 0 Å². The number of carbonyl (C=O) groups excluding carboxylic acids is 3. The van der Waals surface area contributed by atoms with Crippen LogP contribution in [-0.4, -0.2) is 65.6 Å². The summed E-state index contributed by atoms with van der Waals surface area (Å²) in [7, 11) is 1.00. The lowest BCUT2D eigenvalue weighted by molar-refractivity contribution is -0.122. The minimum Gasteiger partial charge on any atom is -0.444 e. The number of benzene rings is 2. The Balaban J connectivity index is 0.000000408. The van der Waals surface area contributed by atoms with Gasteiger partial charge in [-0.25, -0.2) is 4.79 Å². The van der Waals surface area contributed by atoms with Crippen LogP contribution in [0.3, 0.4) is 0 Å². The van der Waals surface area contributed by atoms with Gasteiger partial charge in [0.1, 0.15) is 5.60 Å². The number of likely N-dealkylation sites (tertiary alicyclic amines) is 1. The third kappa shape index (κ3) is 10.8. The van der Waals surface area contributed by atoms with E-state index in [1.807, 2.05) is 58.9 Å². The number of hydrogen-bond donors (Lipinski definition) is 2. The Morgan fingerprint density at radius 1 is 0.833 bits per heavy atom. The first-order valence-electron chi connectivity index (χ1n) is 14.7. The number of rotatable bonds is 6. The standard InChI is InChI=1S/C19H27NO3.C14H19NO.CH4O.ClH/c1-13-8-6-9-14(2)15(13)12-17(21)16-10-7-11-20(16)18(22)23-19(3,4)5;1-10-5-3-6-11(2)12(10)9-14(16)13-7-4-8-15-13;1-2;/h6,8-9,16H,7,10-12H2,1-5H3;3,5-6,13,15H,4,7-9H2,1-2H3;2H,1H3;1H. The van der Waals surface area contributed by atoms with Crippen molar-refractivity contribution in [2.75, 3.05) is 20.2 Å². The first kappa shape index (κ1) is 37.3. The number of Topliss-reactive ketones (excluding diaryl/α,β-unsaturated/α-hetero) is 2. The van der Waals surface area contributed by atoms with Crippen molar-refractivity contribution in [3.8, 4) is 0 Å². The average Bonchev–Trinajstić information content (AvgIpc) is 3.62. The molecule has 4 rings (SSSR count). The molecule has 0 spiro atoms. The predicted octanol–water partition coefficient (Wildman–Crippen LogP) is 6.01. The maximum atomic E-state index is 12.8. The molecule has 8 heteroatoms. The minimum absolute atomic E-state index is 0. The van der Waals surface area contributed by atoms with E-state index in [9.17, 15) is 14.4 Å². The number of aliphatic hydroxyl groups excluding tert-OH is 1. The van der Waals surface area contributed by atoms with Gasteiger partial charge in [0.2, 0.25) is 0 Å². The second kappa shape index (κ2) is 17.4. The predicted molar refractivity (Wildman–Crippen MR) is 172 cm³/mol. The number of ketones is 2. The zero-order valence-corrected chi connectivity index (χ0v) is 27.5. The number of aliphatic hydroxyl groups is 1. The summed E-state index contributed by atoms with van der Waals surface area (Å²) in [4.78, 5) is 38.7. The molecule has 0 bridgehead atoms. The first-order chi connectivity index (χ1) is 19.4. The van der Waals surface area contributed by atoms with E-state index in [0.717, 1.165) is 56.0 Å². The normalized spacial score (nSPS) is 17.7. The molecule has 2 aliphatic rings. The molecule has 2 unspecified atom stereocenters. The van der Waals surface area contributed by atoms with Crippen LogP contribution in [0.1, 0.15) is 79.8 Å². The largest absolute Gasteiger partial charge is 0.444 e.